The van der Waals surface area contributed by atoms with Crippen LogP contribution in [0.1, 0.15) is 34.7 Å². The summed E-state index contributed by atoms with van der Waals surface area (Å²) in [5.41, 5.74) is 2.02. The van der Waals surface area contributed by atoms with Gasteiger partial charge in [0, 0.05) is 26.0 Å². The average Bonchev–Trinajstić information content (AvgIpc) is 3.07. The SMILES string of the molecule is CCN(C(=O)c1ccnn1C)C(c1ccc(F)cc1)c1ccccn1. The first-order valence-corrected chi connectivity index (χ1v) is 8.07. The summed E-state index contributed by atoms with van der Waals surface area (Å²) in [5, 5.41) is 4.07. The van der Waals surface area contributed by atoms with E-state index >= 15 is 0 Å². The van der Waals surface area contributed by atoms with Crippen LogP contribution in [0.5, 0.6) is 0 Å². The van der Waals surface area contributed by atoms with Gasteiger partial charge in [0.25, 0.3) is 5.91 Å². The van der Waals surface area contributed by atoms with Gasteiger partial charge in [-0.1, -0.05) is 18.2 Å². The van der Waals surface area contributed by atoms with Gasteiger partial charge in [-0.25, -0.2) is 4.39 Å². The van der Waals surface area contributed by atoms with Crippen LogP contribution in [-0.4, -0.2) is 32.1 Å². The maximum absolute atomic E-state index is 13.4. The van der Waals surface area contributed by atoms with Crippen molar-refractivity contribution in [2.75, 3.05) is 6.54 Å². The number of hydrogen-bond acceptors (Lipinski definition) is 3. The maximum Gasteiger partial charge on any atom is 0.272 e. The van der Waals surface area contributed by atoms with Crippen molar-refractivity contribution >= 4 is 5.91 Å². The molecule has 1 amide bonds. The maximum atomic E-state index is 13.4. The third-order valence-electron chi connectivity index (χ3n) is 4.11. The standard InChI is InChI=1S/C19H19FN4O/c1-3-24(19(25)17-11-13-22-23(17)2)18(16-6-4-5-12-21-16)14-7-9-15(20)10-8-14/h4-13,18H,3H2,1-2H3. The minimum Gasteiger partial charge on any atom is -0.325 e. The average molecular weight is 338 g/mol. The Labute approximate surface area is 145 Å². The van der Waals surface area contributed by atoms with Gasteiger partial charge in [-0.3, -0.25) is 14.5 Å². The molecule has 0 spiro atoms. The highest BCUT2D eigenvalue weighted by atomic mass is 19.1. The molecule has 1 unspecified atom stereocenters. The highest BCUT2D eigenvalue weighted by Crippen LogP contribution is 2.28. The van der Waals surface area contributed by atoms with Crippen LogP contribution in [-0.2, 0) is 7.05 Å². The van der Waals surface area contributed by atoms with Gasteiger partial charge in [0.2, 0.25) is 0 Å². The monoisotopic (exact) mass is 338 g/mol. The van der Waals surface area contributed by atoms with Gasteiger partial charge in [-0.15, -0.1) is 0 Å². The van der Waals surface area contributed by atoms with E-state index in [2.05, 4.69) is 10.1 Å². The molecule has 3 aromatic rings. The lowest BCUT2D eigenvalue weighted by Gasteiger charge is -2.31. The van der Waals surface area contributed by atoms with Crippen LogP contribution in [0, 0.1) is 5.82 Å². The largest absolute Gasteiger partial charge is 0.325 e. The lowest BCUT2D eigenvalue weighted by molar-refractivity contribution is 0.0703. The van der Waals surface area contributed by atoms with Gasteiger partial charge in [-0.05, 0) is 42.8 Å². The number of rotatable bonds is 5. The van der Waals surface area contributed by atoms with Crippen molar-refractivity contribution in [1.82, 2.24) is 19.7 Å². The zero-order valence-corrected chi connectivity index (χ0v) is 14.1. The third kappa shape index (κ3) is 3.42. The molecule has 0 saturated carbocycles. The van der Waals surface area contributed by atoms with Gasteiger partial charge in [-0.2, -0.15) is 5.10 Å². The molecule has 0 radical (unpaired) electrons. The van der Waals surface area contributed by atoms with Crippen molar-refractivity contribution in [3.63, 3.8) is 0 Å². The van der Waals surface area contributed by atoms with E-state index in [1.54, 1.807) is 47.2 Å². The van der Waals surface area contributed by atoms with Crippen LogP contribution in [0.25, 0.3) is 0 Å². The van der Waals surface area contributed by atoms with Crippen LogP contribution < -0.4 is 0 Å². The molecule has 1 atom stereocenters. The number of hydrogen-bond donors (Lipinski definition) is 0. The number of aryl methyl sites for hydroxylation is 1. The molecule has 3 rings (SSSR count). The van der Waals surface area contributed by atoms with Crippen LogP contribution in [0.3, 0.4) is 0 Å². The molecular weight excluding hydrogens is 319 g/mol. The van der Waals surface area contributed by atoms with Crippen LogP contribution in [0.15, 0.2) is 60.9 Å². The molecule has 25 heavy (non-hydrogen) atoms. The van der Waals surface area contributed by atoms with E-state index in [1.165, 1.54) is 12.1 Å². The molecule has 0 bridgehead atoms. The zero-order valence-electron chi connectivity index (χ0n) is 14.1. The van der Waals surface area contributed by atoms with E-state index < -0.39 is 6.04 Å². The Morgan fingerprint density at radius 1 is 1.16 bits per heavy atom. The van der Waals surface area contributed by atoms with E-state index in [1.807, 2.05) is 25.1 Å². The highest BCUT2D eigenvalue weighted by Gasteiger charge is 2.28. The van der Waals surface area contributed by atoms with E-state index in [-0.39, 0.29) is 11.7 Å². The molecule has 128 valence electrons. The summed E-state index contributed by atoms with van der Waals surface area (Å²) in [5.74, 6) is -0.466. The van der Waals surface area contributed by atoms with Gasteiger partial charge >= 0.3 is 0 Å². The Bertz CT molecular complexity index is 845. The Balaban J connectivity index is 2.07. The van der Waals surface area contributed by atoms with Crippen LogP contribution >= 0.6 is 0 Å². The minimum absolute atomic E-state index is 0.150. The van der Waals surface area contributed by atoms with Crippen molar-refractivity contribution in [2.24, 2.45) is 7.05 Å². The van der Waals surface area contributed by atoms with E-state index in [0.29, 0.717) is 12.2 Å². The summed E-state index contributed by atoms with van der Waals surface area (Å²) >= 11 is 0. The van der Waals surface area contributed by atoms with Gasteiger partial charge in [0.15, 0.2) is 0 Å². The molecule has 0 N–H and O–H groups in total. The van der Waals surface area contributed by atoms with Gasteiger partial charge < -0.3 is 4.90 Å². The molecule has 5 nitrogen and oxygen atoms in total. The predicted molar refractivity (Wildman–Crippen MR) is 92.4 cm³/mol. The summed E-state index contributed by atoms with van der Waals surface area (Å²) in [7, 11) is 1.73. The Morgan fingerprint density at radius 3 is 2.48 bits per heavy atom. The summed E-state index contributed by atoms with van der Waals surface area (Å²) in [6.45, 7) is 2.39. The molecule has 0 fully saturated rings. The summed E-state index contributed by atoms with van der Waals surface area (Å²) < 4.78 is 14.9. The second-order valence-electron chi connectivity index (χ2n) is 5.64. The summed E-state index contributed by atoms with van der Waals surface area (Å²) in [4.78, 5) is 19.2. The number of nitrogens with zero attached hydrogens (tertiary/aromatic N) is 4. The first kappa shape index (κ1) is 16.8. The molecular formula is C19H19FN4O. The van der Waals surface area contributed by atoms with E-state index in [0.717, 1.165) is 11.3 Å². The smallest absolute Gasteiger partial charge is 0.272 e. The van der Waals surface area contributed by atoms with Crippen molar-refractivity contribution in [3.8, 4) is 0 Å². The first-order chi connectivity index (χ1) is 12.1. The highest BCUT2D eigenvalue weighted by molar-refractivity contribution is 5.93. The summed E-state index contributed by atoms with van der Waals surface area (Å²) in [6, 6.07) is 13.0. The first-order valence-electron chi connectivity index (χ1n) is 8.07. The second kappa shape index (κ2) is 7.25. The minimum atomic E-state index is -0.408. The number of carbonyl (C=O) groups is 1. The van der Waals surface area contributed by atoms with Crippen molar-refractivity contribution in [1.29, 1.82) is 0 Å². The lowest BCUT2D eigenvalue weighted by Crippen LogP contribution is -2.37. The zero-order chi connectivity index (χ0) is 17.8. The molecule has 0 aliphatic heterocycles. The van der Waals surface area contributed by atoms with Crippen LogP contribution in [0.2, 0.25) is 0 Å². The summed E-state index contributed by atoms with van der Waals surface area (Å²) in [6.07, 6.45) is 3.28. The predicted octanol–water partition coefficient (Wildman–Crippen LogP) is 3.21. The van der Waals surface area contributed by atoms with E-state index in [4.69, 9.17) is 0 Å². The third-order valence-corrected chi connectivity index (χ3v) is 4.11. The van der Waals surface area contributed by atoms with E-state index in [9.17, 15) is 9.18 Å². The molecule has 2 aromatic heterocycles. The van der Waals surface area contributed by atoms with Gasteiger partial charge in [0.05, 0.1) is 11.7 Å². The lowest BCUT2D eigenvalue weighted by atomic mass is 10.0. The molecule has 6 heteroatoms. The molecule has 0 aliphatic rings. The Hall–Kier alpha value is -3.02. The fourth-order valence-electron chi connectivity index (χ4n) is 2.87. The number of halogens is 1. The fourth-order valence-corrected chi connectivity index (χ4v) is 2.87. The fraction of sp³-hybridized carbons (Fsp3) is 0.211. The van der Waals surface area contributed by atoms with Crippen molar-refractivity contribution in [2.45, 2.75) is 13.0 Å². The normalized spacial score (nSPS) is 12.0. The van der Waals surface area contributed by atoms with Crippen molar-refractivity contribution < 1.29 is 9.18 Å². The topological polar surface area (TPSA) is 51.0 Å². The molecule has 0 aliphatic carbocycles. The number of carbonyl (C=O) groups excluding carboxylic acids is 1. The molecule has 1 aromatic carbocycles. The van der Waals surface area contributed by atoms with Crippen molar-refractivity contribution in [3.05, 3.63) is 83.7 Å². The second-order valence-corrected chi connectivity index (χ2v) is 5.64. The van der Waals surface area contributed by atoms with Crippen LogP contribution in [0.4, 0.5) is 4.39 Å². The molecule has 0 saturated heterocycles. The number of amides is 1. The molecule has 2 heterocycles. The quantitative estimate of drug-likeness (QED) is 0.718. The Morgan fingerprint density at radius 2 is 1.92 bits per heavy atom. The number of aromatic nitrogens is 3. The van der Waals surface area contributed by atoms with Gasteiger partial charge in [0.1, 0.15) is 11.5 Å². The Kier molecular flexibility index (Phi) is 4.88. The number of benzene rings is 1. The number of pyridine rings is 1.